The molecule has 0 aliphatic carbocycles. The van der Waals surface area contributed by atoms with Gasteiger partial charge in [0.15, 0.2) is 6.29 Å². The topological polar surface area (TPSA) is 50.5 Å². The van der Waals surface area contributed by atoms with E-state index < -0.39 is 5.63 Å². The summed E-state index contributed by atoms with van der Waals surface area (Å²) in [5.74, 6) is 0. The third kappa shape index (κ3) is 2.22. The first-order valence-corrected chi connectivity index (χ1v) is 6.81. The first-order chi connectivity index (χ1) is 9.53. The predicted molar refractivity (Wildman–Crippen MR) is 80.9 cm³/mol. The maximum atomic E-state index is 12.0. The van der Waals surface area contributed by atoms with E-state index in [9.17, 15) is 9.59 Å². The van der Waals surface area contributed by atoms with E-state index in [-0.39, 0.29) is 5.56 Å². The zero-order chi connectivity index (χ0) is 14.9. The summed E-state index contributed by atoms with van der Waals surface area (Å²) in [4.78, 5) is 25.4. The van der Waals surface area contributed by atoms with E-state index in [0.29, 0.717) is 17.6 Å². The quantitative estimate of drug-likeness (QED) is 0.634. The van der Waals surface area contributed by atoms with Crippen LogP contribution in [0.4, 0.5) is 5.69 Å². The molecule has 0 spiro atoms. The van der Waals surface area contributed by atoms with Gasteiger partial charge in [-0.15, -0.1) is 0 Å². The molecule has 0 aliphatic rings. The highest BCUT2D eigenvalue weighted by Crippen LogP contribution is 2.31. The van der Waals surface area contributed by atoms with Crippen LogP contribution in [0.2, 0.25) is 0 Å². The number of anilines is 1. The number of nitrogens with zero attached hydrogens (tertiary/aromatic N) is 1. The molecule has 20 heavy (non-hydrogen) atoms. The zero-order valence-electron chi connectivity index (χ0n) is 12.3. The fraction of sp³-hybridized carbons (Fsp3) is 0.375. The number of fused-ring (bicyclic) bond motifs is 1. The summed E-state index contributed by atoms with van der Waals surface area (Å²) in [6.45, 7) is 9.38. The van der Waals surface area contributed by atoms with Gasteiger partial charge < -0.3 is 9.32 Å². The van der Waals surface area contributed by atoms with Crippen molar-refractivity contribution < 1.29 is 9.21 Å². The molecule has 0 saturated carbocycles. The minimum Gasteiger partial charge on any atom is -0.422 e. The van der Waals surface area contributed by atoms with Crippen molar-refractivity contribution in [3.8, 4) is 0 Å². The molecule has 0 N–H and O–H groups in total. The third-order valence-electron chi connectivity index (χ3n) is 3.56. The summed E-state index contributed by atoms with van der Waals surface area (Å²) in [5.41, 5.74) is 2.80. The van der Waals surface area contributed by atoms with Gasteiger partial charge in [-0.2, -0.15) is 0 Å². The van der Waals surface area contributed by atoms with Gasteiger partial charge in [0.1, 0.15) is 11.1 Å². The van der Waals surface area contributed by atoms with Crippen LogP contribution in [0, 0.1) is 13.8 Å². The minimum absolute atomic E-state index is 0.105. The highest BCUT2D eigenvalue weighted by molar-refractivity contribution is 6.01. The van der Waals surface area contributed by atoms with E-state index in [1.165, 1.54) is 0 Å². The Morgan fingerprint density at radius 2 is 1.85 bits per heavy atom. The van der Waals surface area contributed by atoms with Crippen LogP contribution < -0.4 is 10.5 Å². The monoisotopic (exact) mass is 273 g/mol. The van der Waals surface area contributed by atoms with Gasteiger partial charge in [0, 0.05) is 18.5 Å². The molecule has 1 aromatic heterocycles. The number of hydrogen-bond donors (Lipinski definition) is 0. The van der Waals surface area contributed by atoms with Crippen LogP contribution in [0.3, 0.4) is 0 Å². The summed E-state index contributed by atoms with van der Waals surface area (Å²) in [5, 5.41) is 0.848. The van der Waals surface area contributed by atoms with Crippen LogP contribution in [0.15, 0.2) is 21.3 Å². The first-order valence-electron chi connectivity index (χ1n) is 6.81. The smallest absolute Gasteiger partial charge is 0.349 e. The maximum absolute atomic E-state index is 12.0. The molecule has 0 atom stereocenters. The molecule has 4 heteroatoms. The maximum Gasteiger partial charge on any atom is 0.349 e. The fourth-order valence-corrected chi connectivity index (χ4v) is 2.67. The van der Waals surface area contributed by atoms with E-state index in [2.05, 4.69) is 0 Å². The number of carbonyl (C=O) groups excluding carboxylic acids is 1. The van der Waals surface area contributed by atoms with Crippen LogP contribution >= 0.6 is 0 Å². The van der Waals surface area contributed by atoms with Gasteiger partial charge in [0.05, 0.1) is 5.69 Å². The summed E-state index contributed by atoms with van der Waals surface area (Å²) in [6, 6.07) is 3.87. The van der Waals surface area contributed by atoms with E-state index in [0.717, 1.165) is 29.6 Å². The number of carbonyl (C=O) groups is 1. The van der Waals surface area contributed by atoms with Gasteiger partial charge >= 0.3 is 5.63 Å². The second-order valence-corrected chi connectivity index (χ2v) is 4.90. The fourth-order valence-electron chi connectivity index (χ4n) is 2.67. The molecule has 106 valence electrons. The van der Waals surface area contributed by atoms with E-state index in [1.54, 1.807) is 0 Å². The summed E-state index contributed by atoms with van der Waals surface area (Å²) < 4.78 is 5.31. The van der Waals surface area contributed by atoms with Crippen LogP contribution in [0.25, 0.3) is 11.0 Å². The van der Waals surface area contributed by atoms with Crippen molar-refractivity contribution in [3.63, 3.8) is 0 Å². The normalized spacial score (nSPS) is 10.8. The predicted octanol–water partition coefficient (Wildman–Crippen LogP) is 3.07. The Hall–Kier alpha value is -2.10. The van der Waals surface area contributed by atoms with Gasteiger partial charge in [-0.3, -0.25) is 4.79 Å². The zero-order valence-corrected chi connectivity index (χ0v) is 12.3. The van der Waals surface area contributed by atoms with Crippen molar-refractivity contribution in [1.29, 1.82) is 0 Å². The van der Waals surface area contributed by atoms with Gasteiger partial charge in [-0.05, 0) is 44.9 Å². The molecular weight excluding hydrogens is 254 g/mol. The first kappa shape index (κ1) is 14.3. The van der Waals surface area contributed by atoms with Crippen LogP contribution in [-0.2, 0) is 0 Å². The molecule has 0 radical (unpaired) electrons. The molecule has 0 fully saturated rings. The summed E-state index contributed by atoms with van der Waals surface area (Å²) in [6.07, 6.45) is 0.595. The molecule has 2 rings (SSSR count). The van der Waals surface area contributed by atoms with Crippen molar-refractivity contribution in [2.75, 3.05) is 18.0 Å². The molecule has 1 heterocycles. The van der Waals surface area contributed by atoms with Crippen molar-refractivity contribution in [3.05, 3.63) is 39.2 Å². The Labute approximate surface area is 118 Å². The Bertz CT molecular complexity index is 712. The lowest BCUT2D eigenvalue weighted by molar-refractivity contribution is 0.112. The standard InChI is InChI=1S/C16H19NO3/c1-5-17(6-2)15-12(9-18)16(19)20-13-8-10(3)7-11(4)14(13)15/h7-9H,5-6H2,1-4H3. The lowest BCUT2D eigenvalue weighted by Crippen LogP contribution is -2.26. The Morgan fingerprint density at radius 3 is 2.40 bits per heavy atom. The molecule has 0 unspecified atom stereocenters. The van der Waals surface area contributed by atoms with Crippen molar-refractivity contribution in [1.82, 2.24) is 0 Å². The molecule has 0 bridgehead atoms. The second-order valence-electron chi connectivity index (χ2n) is 4.90. The second kappa shape index (κ2) is 5.49. The van der Waals surface area contributed by atoms with Crippen LogP contribution in [0.5, 0.6) is 0 Å². The average molecular weight is 273 g/mol. The minimum atomic E-state index is -0.570. The van der Waals surface area contributed by atoms with Crippen LogP contribution in [0.1, 0.15) is 35.3 Å². The Morgan fingerprint density at radius 1 is 1.20 bits per heavy atom. The SMILES string of the molecule is CCN(CC)c1c(C=O)c(=O)oc2cc(C)cc(C)c12. The van der Waals surface area contributed by atoms with Gasteiger partial charge in [0.25, 0.3) is 0 Å². The van der Waals surface area contributed by atoms with Gasteiger partial charge in [0.2, 0.25) is 0 Å². The lowest BCUT2D eigenvalue weighted by Gasteiger charge is -2.24. The number of hydrogen-bond acceptors (Lipinski definition) is 4. The molecule has 1 aromatic carbocycles. The largest absolute Gasteiger partial charge is 0.422 e. The third-order valence-corrected chi connectivity index (χ3v) is 3.56. The molecule has 2 aromatic rings. The number of benzene rings is 1. The molecular formula is C16H19NO3. The number of rotatable bonds is 4. The van der Waals surface area contributed by atoms with Gasteiger partial charge in [-0.1, -0.05) is 6.07 Å². The molecule has 0 saturated heterocycles. The summed E-state index contributed by atoms with van der Waals surface area (Å²) >= 11 is 0. The van der Waals surface area contributed by atoms with Gasteiger partial charge in [-0.25, -0.2) is 4.79 Å². The van der Waals surface area contributed by atoms with E-state index in [4.69, 9.17) is 4.42 Å². The average Bonchev–Trinajstić information content (AvgIpc) is 2.39. The lowest BCUT2D eigenvalue weighted by atomic mass is 10.0. The molecule has 0 amide bonds. The number of aryl methyl sites for hydroxylation is 2. The Balaban J connectivity index is 2.99. The molecule has 4 nitrogen and oxygen atoms in total. The van der Waals surface area contributed by atoms with Crippen molar-refractivity contribution in [2.45, 2.75) is 27.7 Å². The molecule has 0 aliphatic heterocycles. The highest BCUT2D eigenvalue weighted by atomic mass is 16.4. The Kier molecular flexibility index (Phi) is 3.93. The number of aldehydes is 1. The van der Waals surface area contributed by atoms with Crippen LogP contribution in [-0.4, -0.2) is 19.4 Å². The van der Waals surface area contributed by atoms with E-state index >= 15 is 0 Å². The highest BCUT2D eigenvalue weighted by Gasteiger charge is 2.19. The van der Waals surface area contributed by atoms with E-state index in [1.807, 2.05) is 44.7 Å². The van der Waals surface area contributed by atoms with Crippen molar-refractivity contribution in [2.24, 2.45) is 0 Å². The van der Waals surface area contributed by atoms with Crippen molar-refractivity contribution >= 4 is 22.9 Å². The summed E-state index contributed by atoms with van der Waals surface area (Å²) in [7, 11) is 0.